The molecular weight excluding hydrogens is 437 g/mol. The largest absolute Gasteiger partial charge is 0.465 e. The van der Waals surface area contributed by atoms with Crippen molar-refractivity contribution in [2.45, 2.75) is 13.5 Å². The molecule has 0 radical (unpaired) electrons. The molecule has 1 N–H and O–H groups in total. The minimum Gasteiger partial charge on any atom is -0.465 e. The molecule has 1 aromatic heterocycles. The normalized spacial score (nSPS) is 14.8. The van der Waals surface area contributed by atoms with Gasteiger partial charge >= 0.3 is 11.9 Å². The van der Waals surface area contributed by atoms with Gasteiger partial charge in [0.2, 0.25) is 5.91 Å². The SMILES string of the molecule is COC(=O)c1sc(NC(=O)CN2CCN(Cc3cccc(F)c3)CC2)c(C(=O)OC)c1C. The predicted molar refractivity (Wildman–Crippen MR) is 118 cm³/mol. The highest BCUT2D eigenvalue weighted by Crippen LogP contribution is 2.34. The lowest BCUT2D eigenvalue weighted by molar-refractivity contribution is -0.117. The van der Waals surface area contributed by atoms with Crippen LogP contribution in [-0.4, -0.2) is 74.6 Å². The summed E-state index contributed by atoms with van der Waals surface area (Å²) in [5, 5.41) is 3.01. The number of benzene rings is 1. The standard InChI is InChI=1S/C22H26FN3O5S/c1-14-18(21(28)30-2)20(32-19(14)22(29)31-3)24-17(27)13-26-9-7-25(8-10-26)12-15-5-4-6-16(23)11-15/h4-6,11H,7-10,12-13H2,1-3H3,(H,24,27). The molecule has 1 amide bonds. The number of carbonyl (C=O) groups is 3. The lowest BCUT2D eigenvalue weighted by Gasteiger charge is -2.34. The molecule has 0 unspecified atom stereocenters. The molecule has 0 spiro atoms. The maximum absolute atomic E-state index is 13.4. The second-order valence-electron chi connectivity index (χ2n) is 7.47. The van der Waals surface area contributed by atoms with Gasteiger partial charge in [-0.3, -0.25) is 14.6 Å². The van der Waals surface area contributed by atoms with Gasteiger partial charge in [-0.2, -0.15) is 0 Å². The van der Waals surface area contributed by atoms with Crippen LogP contribution in [0.5, 0.6) is 0 Å². The number of amides is 1. The first kappa shape index (κ1) is 23.8. The third-order valence-corrected chi connectivity index (χ3v) is 6.47. The van der Waals surface area contributed by atoms with E-state index in [1.54, 1.807) is 13.0 Å². The van der Waals surface area contributed by atoms with Crippen LogP contribution in [0, 0.1) is 12.7 Å². The molecule has 1 fully saturated rings. The van der Waals surface area contributed by atoms with Crippen LogP contribution in [0.2, 0.25) is 0 Å². The van der Waals surface area contributed by atoms with E-state index in [9.17, 15) is 18.8 Å². The molecule has 10 heteroatoms. The van der Waals surface area contributed by atoms with Crippen molar-refractivity contribution < 1.29 is 28.2 Å². The Balaban J connectivity index is 1.58. The molecule has 0 atom stereocenters. The van der Waals surface area contributed by atoms with Gasteiger partial charge in [-0.05, 0) is 30.2 Å². The molecule has 1 aromatic carbocycles. The van der Waals surface area contributed by atoms with Gasteiger partial charge < -0.3 is 14.8 Å². The number of rotatable bonds is 7. The zero-order valence-corrected chi connectivity index (χ0v) is 19.1. The number of halogens is 1. The summed E-state index contributed by atoms with van der Waals surface area (Å²) in [6, 6.07) is 6.55. The third kappa shape index (κ3) is 5.70. The summed E-state index contributed by atoms with van der Waals surface area (Å²) in [7, 11) is 2.50. The molecule has 1 saturated heterocycles. The Bertz CT molecular complexity index is 1000. The highest BCUT2D eigenvalue weighted by atomic mass is 32.1. The lowest BCUT2D eigenvalue weighted by Crippen LogP contribution is -2.48. The summed E-state index contributed by atoms with van der Waals surface area (Å²) in [6.45, 7) is 5.29. The van der Waals surface area contributed by atoms with Crippen LogP contribution in [-0.2, 0) is 20.8 Å². The smallest absolute Gasteiger partial charge is 0.348 e. The zero-order valence-electron chi connectivity index (χ0n) is 18.3. The van der Waals surface area contributed by atoms with E-state index in [0.29, 0.717) is 25.2 Å². The summed E-state index contributed by atoms with van der Waals surface area (Å²) >= 11 is 0.991. The number of piperazine rings is 1. The fourth-order valence-electron chi connectivity index (χ4n) is 3.61. The lowest BCUT2D eigenvalue weighted by atomic mass is 10.1. The van der Waals surface area contributed by atoms with Crippen molar-refractivity contribution in [2.24, 2.45) is 0 Å². The molecule has 0 aliphatic carbocycles. The minimum absolute atomic E-state index is 0.152. The third-order valence-electron chi connectivity index (χ3n) is 5.29. The molecule has 32 heavy (non-hydrogen) atoms. The van der Waals surface area contributed by atoms with E-state index >= 15 is 0 Å². The maximum Gasteiger partial charge on any atom is 0.348 e. The first-order valence-corrected chi connectivity index (χ1v) is 10.9. The molecule has 0 bridgehead atoms. The topological polar surface area (TPSA) is 88.2 Å². The molecule has 1 aliphatic heterocycles. The number of nitrogens with zero attached hydrogens (tertiary/aromatic N) is 2. The molecule has 2 heterocycles. The Kier molecular flexibility index (Phi) is 7.94. The number of ether oxygens (including phenoxy) is 2. The van der Waals surface area contributed by atoms with Crippen LogP contribution < -0.4 is 5.32 Å². The van der Waals surface area contributed by atoms with E-state index in [0.717, 1.165) is 30.0 Å². The van der Waals surface area contributed by atoms with Crippen LogP contribution in [0.15, 0.2) is 24.3 Å². The van der Waals surface area contributed by atoms with Crippen molar-refractivity contribution in [3.8, 4) is 0 Å². The molecule has 3 rings (SSSR count). The number of carbonyl (C=O) groups excluding carboxylic acids is 3. The van der Waals surface area contributed by atoms with Crippen molar-refractivity contribution in [1.29, 1.82) is 0 Å². The van der Waals surface area contributed by atoms with Gasteiger partial charge in [-0.15, -0.1) is 11.3 Å². The summed E-state index contributed by atoms with van der Waals surface area (Å²) < 4.78 is 22.9. The molecule has 1 aliphatic rings. The van der Waals surface area contributed by atoms with E-state index in [4.69, 9.17) is 9.47 Å². The van der Waals surface area contributed by atoms with Crippen molar-refractivity contribution in [2.75, 3.05) is 52.3 Å². The maximum atomic E-state index is 13.4. The number of hydrogen-bond donors (Lipinski definition) is 1. The number of esters is 2. The van der Waals surface area contributed by atoms with Gasteiger partial charge in [0.25, 0.3) is 0 Å². The fourth-order valence-corrected chi connectivity index (χ4v) is 4.73. The van der Waals surface area contributed by atoms with Crippen LogP contribution in [0.1, 0.15) is 31.2 Å². The van der Waals surface area contributed by atoms with Crippen molar-refractivity contribution >= 4 is 34.2 Å². The van der Waals surface area contributed by atoms with Gasteiger partial charge in [-0.25, -0.2) is 14.0 Å². The van der Waals surface area contributed by atoms with E-state index in [1.807, 2.05) is 11.0 Å². The Morgan fingerprint density at radius 3 is 2.34 bits per heavy atom. The zero-order chi connectivity index (χ0) is 23.3. The van der Waals surface area contributed by atoms with Crippen LogP contribution in [0.3, 0.4) is 0 Å². The van der Waals surface area contributed by atoms with Crippen molar-refractivity contribution in [3.63, 3.8) is 0 Å². The summed E-state index contributed by atoms with van der Waals surface area (Å²) in [4.78, 5) is 41.3. The molecule has 172 valence electrons. The number of hydrogen-bond acceptors (Lipinski definition) is 8. The fraction of sp³-hybridized carbons (Fsp3) is 0.409. The minimum atomic E-state index is -0.629. The highest BCUT2D eigenvalue weighted by molar-refractivity contribution is 7.18. The van der Waals surface area contributed by atoms with Crippen LogP contribution in [0.25, 0.3) is 0 Å². The Morgan fingerprint density at radius 2 is 1.72 bits per heavy atom. The number of methoxy groups -OCH3 is 2. The van der Waals surface area contributed by atoms with E-state index in [-0.39, 0.29) is 33.7 Å². The predicted octanol–water partition coefficient (Wildman–Crippen LogP) is 2.53. The second kappa shape index (κ2) is 10.7. The Hall–Kier alpha value is -2.82. The summed E-state index contributed by atoms with van der Waals surface area (Å²) in [5.74, 6) is -1.74. The summed E-state index contributed by atoms with van der Waals surface area (Å²) in [6.07, 6.45) is 0. The van der Waals surface area contributed by atoms with Gasteiger partial charge in [0.1, 0.15) is 15.7 Å². The summed E-state index contributed by atoms with van der Waals surface area (Å²) in [5.41, 5.74) is 1.49. The van der Waals surface area contributed by atoms with Gasteiger partial charge in [-0.1, -0.05) is 12.1 Å². The second-order valence-corrected chi connectivity index (χ2v) is 8.49. The monoisotopic (exact) mass is 463 g/mol. The van der Waals surface area contributed by atoms with E-state index in [1.165, 1.54) is 26.4 Å². The van der Waals surface area contributed by atoms with E-state index in [2.05, 4.69) is 10.2 Å². The average molecular weight is 464 g/mol. The average Bonchev–Trinajstić information content (AvgIpc) is 3.09. The molecular formula is C22H26FN3O5S. The molecule has 0 saturated carbocycles. The first-order chi connectivity index (χ1) is 15.3. The van der Waals surface area contributed by atoms with Crippen LogP contribution >= 0.6 is 11.3 Å². The van der Waals surface area contributed by atoms with E-state index < -0.39 is 11.9 Å². The van der Waals surface area contributed by atoms with Gasteiger partial charge in [0.15, 0.2) is 0 Å². The van der Waals surface area contributed by atoms with Gasteiger partial charge in [0, 0.05) is 32.7 Å². The number of thiophene rings is 1. The number of nitrogens with one attached hydrogen (secondary N) is 1. The Labute approximate surface area is 189 Å². The molecule has 2 aromatic rings. The van der Waals surface area contributed by atoms with Crippen molar-refractivity contribution in [3.05, 3.63) is 51.7 Å². The van der Waals surface area contributed by atoms with Gasteiger partial charge in [0.05, 0.1) is 26.3 Å². The highest BCUT2D eigenvalue weighted by Gasteiger charge is 2.27. The van der Waals surface area contributed by atoms with Crippen molar-refractivity contribution in [1.82, 2.24) is 9.80 Å². The Morgan fingerprint density at radius 1 is 1.06 bits per heavy atom. The quantitative estimate of drug-likeness (QED) is 0.632. The molecule has 8 nitrogen and oxygen atoms in total. The van der Waals surface area contributed by atoms with Crippen LogP contribution in [0.4, 0.5) is 9.39 Å². The number of anilines is 1. The first-order valence-electron chi connectivity index (χ1n) is 10.1.